The first-order valence-corrected chi connectivity index (χ1v) is 6.26. The Labute approximate surface area is 106 Å². The molecule has 0 aromatic carbocycles. The van der Waals surface area contributed by atoms with E-state index in [1.165, 1.54) is 11.3 Å². The van der Waals surface area contributed by atoms with Crippen LogP contribution < -0.4 is 11.1 Å². The lowest BCUT2D eigenvalue weighted by atomic mass is 9.96. The number of rotatable bonds is 3. The first-order valence-electron chi connectivity index (χ1n) is 5.44. The van der Waals surface area contributed by atoms with Gasteiger partial charge in [-0.05, 0) is 5.41 Å². The van der Waals surface area contributed by atoms with E-state index in [0.29, 0.717) is 22.4 Å². The molecular weight excluding hydrogens is 236 g/mol. The summed E-state index contributed by atoms with van der Waals surface area (Å²) >= 11 is 1.28. The Hall–Kier alpha value is -1.30. The van der Waals surface area contributed by atoms with Crippen molar-refractivity contribution in [3.05, 3.63) is 4.88 Å². The molecule has 0 bridgehead atoms. The number of carbonyl (C=O) groups is 1. The highest BCUT2D eigenvalue weighted by molar-refractivity contribution is 7.18. The number of hydrogen-bond acceptors (Lipinski definition) is 5. The minimum atomic E-state index is -0.0728. The first-order chi connectivity index (χ1) is 7.74. The number of aromatic nitrogens is 1. The van der Waals surface area contributed by atoms with Crippen molar-refractivity contribution in [2.24, 2.45) is 5.41 Å². The summed E-state index contributed by atoms with van der Waals surface area (Å²) in [4.78, 5) is 18.4. The quantitative estimate of drug-likeness (QED) is 0.866. The van der Waals surface area contributed by atoms with E-state index in [9.17, 15) is 4.79 Å². The molecule has 0 saturated carbocycles. The van der Waals surface area contributed by atoms with Gasteiger partial charge in [0.15, 0.2) is 5.13 Å². The van der Waals surface area contributed by atoms with Crippen LogP contribution in [0.1, 0.15) is 30.4 Å². The van der Waals surface area contributed by atoms with E-state index in [4.69, 9.17) is 5.73 Å². The number of thiazole rings is 1. The van der Waals surface area contributed by atoms with Gasteiger partial charge in [0.2, 0.25) is 0 Å². The van der Waals surface area contributed by atoms with Crippen LogP contribution in [-0.4, -0.2) is 36.4 Å². The van der Waals surface area contributed by atoms with Crippen LogP contribution in [0.3, 0.4) is 0 Å². The molecule has 0 atom stereocenters. The predicted molar refractivity (Wildman–Crippen MR) is 72.5 cm³/mol. The molecule has 0 aliphatic carbocycles. The van der Waals surface area contributed by atoms with E-state index >= 15 is 0 Å². The predicted octanol–water partition coefficient (Wildman–Crippen LogP) is 1.89. The topological polar surface area (TPSA) is 71.2 Å². The fraction of sp³-hybridized carbons (Fsp3) is 0.636. The van der Waals surface area contributed by atoms with Crippen molar-refractivity contribution in [3.8, 4) is 0 Å². The third-order valence-electron chi connectivity index (χ3n) is 2.12. The molecule has 1 rings (SSSR count). The second kappa shape index (κ2) is 4.91. The molecule has 3 N–H and O–H groups in total. The second-order valence-electron chi connectivity index (χ2n) is 5.21. The summed E-state index contributed by atoms with van der Waals surface area (Å²) in [6.07, 6.45) is 0. The molecule has 96 valence electrons. The molecule has 1 heterocycles. The Balaban J connectivity index is 2.85. The number of nitrogens with zero attached hydrogens (tertiary/aromatic N) is 2. The number of nitrogens with one attached hydrogen (secondary N) is 1. The molecule has 1 aromatic heterocycles. The SMILES string of the molecule is CNc1nc(N)c(C(=O)N(C)CC(C)(C)C)s1. The van der Waals surface area contributed by atoms with Gasteiger partial charge in [-0.15, -0.1) is 0 Å². The van der Waals surface area contributed by atoms with Crippen molar-refractivity contribution in [3.63, 3.8) is 0 Å². The standard InChI is InChI=1S/C11H20N4OS/c1-11(2,3)6-15(5)9(16)7-8(12)14-10(13-4)17-7/h6,12H2,1-5H3,(H,13,14). The maximum absolute atomic E-state index is 12.2. The van der Waals surface area contributed by atoms with Gasteiger partial charge >= 0.3 is 0 Å². The zero-order chi connectivity index (χ0) is 13.2. The van der Waals surface area contributed by atoms with Crippen LogP contribution in [0, 0.1) is 5.41 Å². The van der Waals surface area contributed by atoms with Crippen LogP contribution >= 0.6 is 11.3 Å². The number of carbonyl (C=O) groups excluding carboxylic acids is 1. The fourth-order valence-corrected chi connectivity index (χ4v) is 2.38. The largest absolute Gasteiger partial charge is 0.382 e. The lowest BCUT2D eigenvalue weighted by molar-refractivity contribution is 0.0751. The zero-order valence-electron chi connectivity index (χ0n) is 11.0. The minimum absolute atomic E-state index is 0.0652. The molecule has 0 fully saturated rings. The van der Waals surface area contributed by atoms with Gasteiger partial charge in [0, 0.05) is 20.6 Å². The van der Waals surface area contributed by atoms with E-state index in [0.717, 1.165) is 0 Å². The number of nitrogens with two attached hydrogens (primary N) is 1. The Bertz CT molecular complexity index is 408. The first kappa shape index (κ1) is 13.8. The average molecular weight is 256 g/mol. The fourth-order valence-electron chi connectivity index (χ4n) is 1.55. The minimum Gasteiger partial charge on any atom is -0.382 e. The molecule has 0 saturated heterocycles. The summed E-state index contributed by atoms with van der Waals surface area (Å²) in [5.41, 5.74) is 5.80. The van der Waals surface area contributed by atoms with Crippen molar-refractivity contribution in [1.82, 2.24) is 9.88 Å². The summed E-state index contributed by atoms with van der Waals surface area (Å²) in [6.45, 7) is 6.95. The molecule has 0 spiro atoms. The summed E-state index contributed by atoms with van der Waals surface area (Å²) in [6, 6.07) is 0. The number of nitrogen functional groups attached to an aromatic ring is 1. The molecule has 0 radical (unpaired) electrons. The van der Waals surface area contributed by atoms with Crippen LogP contribution in [0.5, 0.6) is 0 Å². The number of anilines is 2. The lowest BCUT2D eigenvalue weighted by Gasteiger charge is -2.26. The number of amides is 1. The van der Waals surface area contributed by atoms with Gasteiger partial charge in [-0.25, -0.2) is 4.98 Å². The molecule has 0 unspecified atom stereocenters. The van der Waals surface area contributed by atoms with Crippen LogP contribution in [0.25, 0.3) is 0 Å². The Morgan fingerprint density at radius 2 is 2.12 bits per heavy atom. The third-order valence-corrected chi connectivity index (χ3v) is 3.20. The highest BCUT2D eigenvalue weighted by Crippen LogP contribution is 2.26. The third kappa shape index (κ3) is 3.59. The highest BCUT2D eigenvalue weighted by Gasteiger charge is 2.23. The summed E-state index contributed by atoms with van der Waals surface area (Å²) in [5.74, 6) is 0.224. The monoisotopic (exact) mass is 256 g/mol. The van der Waals surface area contributed by atoms with E-state index in [1.807, 2.05) is 0 Å². The average Bonchev–Trinajstić information content (AvgIpc) is 2.56. The molecular formula is C11H20N4OS. The summed E-state index contributed by atoms with van der Waals surface area (Å²) < 4.78 is 0. The Kier molecular flexibility index (Phi) is 3.98. The van der Waals surface area contributed by atoms with Crippen molar-refractivity contribution in [2.45, 2.75) is 20.8 Å². The molecule has 17 heavy (non-hydrogen) atoms. The van der Waals surface area contributed by atoms with Crippen LogP contribution in [0.15, 0.2) is 0 Å². The van der Waals surface area contributed by atoms with Crippen LogP contribution in [0.2, 0.25) is 0 Å². The van der Waals surface area contributed by atoms with Crippen LogP contribution in [0.4, 0.5) is 10.9 Å². The van der Waals surface area contributed by atoms with E-state index in [1.54, 1.807) is 19.0 Å². The Morgan fingerprint density at radius 1 is 1.53 bits per heavy atom. The van der Waals surface area contributed by atoms with E-state index in [-0.39, 0.29) is 11.3 Å². The number of hydrogen-bond donors (Lipinski definition) is 2. The molecule has 0 aliphatic heterocycles. The molecule has 6 heteroatoms. The second-order valence-corrected chi connectivity index (χ2v) is 6.20. The van der Waals surface area contributed by atoms with Crippen LogP contribution in [-0.2, 0) is 0 Å². The van der Waals surface area contributed by atoms with Gasteiger partial charge in [-0.2, -0.15) is 0 Å². The highest BCUT2D eigenvalue weighted by atomic mass is 32.1. The molecule has 1 amide bonds. The van der Waals surface area contributed by atoms with Gasteiger partial charge < -0.3 is 16.0 Å². The normalized spacial score (nSPS) is 11.4. The van der Waals surface area contributed by atoms with Crippen molar-refractivity contribution < 1.29 is 4.79 Å². The lowest BCUT2D eigenvalue weighted by Crippen LogP contribution is -2.34. The summed E-state index contributed by atoms with van der Waals surface area (Å²) in [7, 11) is 3.54. The zero-order valence-corrected chi connectivity index (χ0v) is 11.8. The van der Waals surface area contributed by atoms with Crippen molar-refractivity contribution >= 4 is 28.2 Å². The maximum atomic E-state index is 12.2. The smallest absolute Gasteiger partial charge is 0.267 e. The summed E-state index contributed by atoms with van der Waals surface area (Å²) in [5, 5.41) is 3.55. The van der Waals surface area contributed by atoms with Gasteiger partial charge in [0.1, 0.15) is 10.7 Å². The molecule has 5 nitrogen and oxygen atoms in total. The van der Waals surface area contributed by atoms with Gasteiger partial charge in [-0.3, -0.25) is 4.79 Å². The molecule has 1 aromatic rings. The van der Waals surface area contributed by atoms with Crippen molar-refractivity contribution in [2.75, 3.05) is 31.7 Å². The maximum Gasteiger partial charge on any atom is 0.267 e. The molecule has 0 aliphatic rings. The van der Waals surface area contributed by atoms with Gasteiger partial charge in [0.25, 0.3) is 5.91 Å². The van der Waals surface area contributed by atoms with Gasteiger partial charge in [-0.1, -0.05) is 32.1 Å². The van der Waals surface area contributed by atoms with Gasteiger partial charge in [0.05, 0.1) is 0 Å². The van der Waals surface area contributed by atoms with E-state index in [2.05, 4.69) is 31.1 Å². The van der Waals surface area contributed by atoms with E-state index < -0.39 is 0 Å². The Morgan fingerprint density at radius 3 is 2.53 bits per heavy atom. The van der Waals surface area contributed by atoms with Crippen molar-refractivity contribution in [1.29, 1.82) is 0 Å².